The minimum atomic E-state index is 0. The van der Waals surface area contributed by atoms with Crippen molar-refractivity contribution in [3.05, 3.63) is 71.8 Å². The Hall–Kier alpha value is -1.60. The topological polar surface area (TPSA) is 39.7 Å². The van der Waals surface area contributed by atoms with Crippen LogP contribution in [0.1, 0.15) is 31.0 Å². The molecular weight excluding hydrogens is 435 g/mol. The van der Waals surface area contributed by atoms with Crippen LogP contribution < -0.4 is 10.6 Å². The van der Waals surface area contributed by atoms with Gasteiger partial charge in [-0.25, -0.2) is 0 Å². The lowest BCUT2D eigenvalue weighted by atomic mass is 10.1. The molecule has 2 rings (SSSR count). The van der Waals surface area contributed by atoms with Gasteiger partial charge in [-0.3, -0.25) is 9.89 Å². The number of nitrogens with zero attached hydrogens (tertiary/aromatic N) is 2. The van der Waals surface area contributed by atoms with E-state index in [1.807, 2.05) is 13.1 Å². The lowest BCUT2D eigenvalue weighted by Crippen LogP contribution is -2.43. The van der Waals surface area contributed by atoms with E-state index in [2.05, 4.69) is 89.0 Å². The third-order valence-electron chi connectivity index (χ3n) is 4.43. The van der Waals surface area contributed by atoms with Gasteiger partial charge in [0.05, 0.1) is 6.04 Å². The first-order chi connectivity index (χ1) is 12.3. The van der Waals surface area contributed by atoms with Crippen LogP contribution >= 0.6 is 24.0 Å². The largest absolute Gasteiger partial charge is 0.354 e. The molecule has 2 N–H and O–H groups in total. The van der Waals surface area contributed by atoms with E-state index in [0.717, 1.165) is 32.1 Å². The molecule has 0 fully saturated rings. The highest BCUT2D eigenvalue weighted by atomic mass is 127. The quantitative estimate of drug-likeness (QED) is 0.350. The summed E-state index contributed by atoms with van der Waals surface area (Å²) in [5.41, 5.74) is 2.58. The second kappa shape index (κ2) is 12.7. The summed E-state index contributed by atoms with van der Waals surface area (Å²) < 4.78 is 0. The van der Waals surface area contributed by atoms with Gasteiger partial charge >= 0.3 is 0 Å². The molecule has 0 aliphatic rings. The van der Waals surface area contributed by atoms with Crippen molar-refractivity contribution in [2.75, 3.05) is 26.7 Å². The van der Waals surface area contributed by atoms with E-state index >= 15 is 0 Å². The van der Waals surface area contributed by atoms with Crippen molar-refractivity contribution in [1.82, 2.24) is 15.5 Å². The van der Waals surface area contributed by atoms with Crippen molar-refractivity contribution in [2.45, 2.75) is 26.4 Å². The number of nitrogens with one attached hydrogen (secondary N) is 2. The second-order valence-electron chi connectivity index (χ2n) is 5.94. The zero-order chi connectivity index (χ0) is 17.9. The average Bonchev–Trinajstić information content (AvgIpc) is 2.68. The normalized spacial score (nSPS) is 12.4. The van der Waals surface area contributed by atoms with Crippen molar-refractivity contribution < 1.29 is 0 Å². The molecule has 5 heteroatoms. The molecule has 0 aliphatic heterocycles. The van der Waals surface area contributed by atoms with Crippen LogP contribution in [0.25, 0.3) is 0 Å². The maximum Gasteiger partial charge on any atom is 0.191 e. The molecule has 0 saturated carbocycles. The van der Waals surface area contributed by atoms with Gasteiger partial charge in [0.25, 0.3) is 0 Å². The second-order valence-corrected chi connectivity index (χ2v) is 5.94. The smallest absolute Gasteiger partial charge is 0.191 e. The van der Waals surface area contributed by atoms with Gasteiger partial charge < -0.3 is 10.6 Å². The zero-order valence-corrected chi connectivity index (χ0v) is 18.3. The SMILES string of the molecule is CCN(CC)C(CNC(=NC)NCc1ccccc1)c1ccccc1.I. The van der Waals surface area contributed by atoms with Crippen molar-refractivity contribution in [3.8, 4) is 0 Å². The highest BCUT2D eigenvalue weighted by molar-refractivity contribution is 14.0. The Morgan fingerprint density at radius 2 is 1.50 bits per heavy atom. The van der Waals surface area contributed by atoms with Crippen LogP contribution in [0.2, 0.25) is 0 Å². The zero-order valence-electron chi connectivity index (χ0n) is 16.0. The van der Waals surface area contributed by atoms with E-state index in [9.17, 15) is 0 Å². The number of guanidine groups is 1. The Morgan fingerprint density at radius 3 is 2.04 bits per heavy atom. The molecule has 0 saturated heterocycles. The molecule has 142 valence electrons. The van der Waals surface area contributed by atoms with Crippen LogP contribution in [-0.4, -0.2) is 37.5 Å². The molecule has 0 spiro atoms. The number of aliphatic imine (C=N–C) groups is 1. The standard InChI is InChI=1S/C21H30N4.HI/c1-4-25(5-2)20(19-14-10-7-11-15-19)17-24-21(22-3)23-16-18-12-8-6-9-13-18;/h6-15,20H,4-5,16-17H2,1-3H3,(H2,22,23,24);1H. The molecule has 2 aromatic carbocycles. The van der Waals surface area contributed by atoms with Crippen molar-refractivity contribution in [3.63, 3.8) is 0 Å². The number of rotatable bonds is 8. The molecule has 0 amide bonds. The molecule has 0 aromatic heterocycles. The Morgan fingerprint density at radius 1 is 0.923 bits per heavy atom. The fourth-order valence-corrected chi connectivity index (χ4v) is 2.99. The molecule has 0 aliphatic carbocycles. The predicted molar refractivity (Wildman–Crippen MR) is 122 cm³/mol. The lowest BCUT2D eigenvalue weighted by Gasteiger charge is -2.30. The summed E-state index contributed by atoms with van der Waals surface area (Å²) in [5, 5.41) is 6.87. The summed E-state index contributed by atoms with van der Waals surface area (Å²) >= 11 is 0. The number of hydrogen-bond donors (Lipinski definition) is 2. The average molecular weight is 466 g/mol. The third-order valence-corrected chi connectivity index (χ3v) is 4.43. The fraction of sp³-hybridized carbons (Fsp3) is 0.381. The summed E-state index contributed by atoms with van der Waals surface area (Å²) in [5.74, 6) is 0.831. The van der Waals surface area contributed by atoms with E-state index < -0.39 is 0 Å². The van der Waals surface area contributed by atoms with Gasteiger partial charge in [-0.05, 0) is 24.2 Å². The molecule has 1 atom stereocenters. The maximum atomic E-state index is 4.36. The van der Waals surface area contributed by atoms with Gasteiger partial charge in [-0.2, -0.15) is 0 Å². The van der Waals surface area contributed by atoms with E-state index in [-0.39, 0.29) is 24.0 Å². The van der Waals surface area contributed by atoms with E-state index in [4.69, 9.17) is 0 Å². The summed E-state index contributed by atoms with van der Waals surface area (Å²) in [6.07, 6.45) is 0. The molecule has 26 heavy (non-hydrogen) atoms. The highest BCUT2D eigenvalue weighted by Crippen LogP contribution is 2.19. The molecule has 1 unspecified atom stereocenters. The van der Waals surface area contributed by atoms with Crippen molar-refractivity contribution in [1.29, 1.82) is 0 Å². The van der Waals surface area contributed by atoms with Crippen LogP contribution in [0.15, 0.2) is 65.7 Å². The van der Waals surface area contributed by atoms with Gasteiger partial charge in [0.1, 0.15) is 0 Å². The number of halogens is 1. The van der Waals surface area contributed by atoms with Crippen LogP contribution in [0.5, 0.6) is 0 Å². The van der Waals surface area contributed by atoms with Crippen LogP contribution in [0.4, 0.5) is 0 Å². The fourth-order valence-electron chi connectivity index (χ4n) is 2.99. The van der Waals surface area contributed by atoms with Crippen LogP contribution in [0.3, 0.4) is 0 Å². The van der Waals surface area contributed by atoms with Gasteiger partial charge in [0.2, 0.25) is 0 Å². The summed E-state index contributed by atoms with van der Waals surface area (Å²) in [6.45, 7) is 8.05. The number of benzene rings is 2. The molecule has 4 nitrogen and oxygen atoms in total. The number of hydrogen-bond acceptors (Lipinski definition) is 2. The first kappa shape index (κ1) is 22.4. The van der Waals surface area contributed by atoms with E-state index in [1.165, 1.54) is 11.1 Å². The first-order valence-corrected chi connectivity index (χ1v) is 9.05. The number of likely N-dealkylation sites (N-methyl/N-ethyl adjacent to an activating group) is 1. The van der Waals surface area contributed by atoms with Crippen molar-refractivity contribution in [2.24, 2.45) is 4.99 Å². The van der Waals surface area contributed by atoms with Crippen molar-refractivity contribution >= 4 is 29.9 Å². The van der Waals surface area contributed by atoms with Gasteiger partial charge in [-0.15, -0.1) is 24.0 Å². The minimum absolute atomic E-state index is 0. The first-order valence-electron chi connectivity index (χ1n) is 9.05. The molecular formula is C21H31IN4. The maximum absolute atomic E-state index is 4.36. The molecule has 2 aromatic rings. The van der Waals surface area contributed by atoms with E-state index in [0.29, 0.717) is 6.04 Å². The lowest BCUT2D eigenvalue weighted by molar-refractivity contribution is 0.219. The third kappa shape index (κ3) is 6.96. The summed E-state index contributed by atoms with van der Waals surface area (Å²) in [7, 11) is 1.81. The van der Waals surface area contributed by atoms with Gasteiger partial charge in [-0.1, -0.05) is 74.5 Å². The highest BCUT2D eigenvalue weighted by Gasteiger charge is 2.18. The van der Waals surface area contributed by atoms with Gasteiger partial charge in [0, 0.05) is 20.1 Å². The Kier molecular flexibility index (Phi) is 11.0. The van der Waals surface area contributed by atoms with E-state index in [1.54, 1.807) is 0 Å². The summed E-state index contributed by atoms with van der Waals surface area (Å²) in [6, 6.07) is 21.4. The van der Waals surface area contributed by atoms with Crippen LogP contribution in [-0.2, 0) is 6.54 Å². The molecule has 0 radical (unpaired) electrons. The minimum Gasteiger partial charge on any atom is -0.354 e. The predicted octanol–water partition coefficient (Wildman–Crippen LogP) is 4.05. The molecule has 0 bridgehead atoms. The Balaban J connectivity index is 0.00000338. The van der Waals surface area contributed by atoms with Crippen LogP contribution in [0, 0.1) is 0 Å². The molecule has 0 heterocycles. The Labute approximate surface area is 175 Å². The Bertz CT molecular complexity index is 627. The van der Waals surface area contributed by atoms with Gasteiger partial charge in [0.15, 0.2) is 5.96 Å². The monoisotopic (exact) mass is 466 g/mol. The summed E-state index contributed by atoms with van der Waals surface area (Å²) in [4.78, 5) is 6.82.